The largest absolute Gasteiger partial charge is 0.478 e. The molecule has 1 amide bonds. The average molecular weight is 370 g/mol. The van der Waals surface area contributed by atoms with Crippen LogP contribution in [0.2, 0.25) is 0 Å². The molecule has 2 saturated heterocycles. The number of carboxylic acids is 1. The van der Waals surface area contributed by atoms with E-state index >= 15 is 0 Å². The fourth-order valence-electron chi connectivity index (χ4n) is 5.74. The summed E-state index contributed by atoms with van der Waals surface area (Å²) >= 11 is 0. The summed E-state index contributed by atoms with van der Waals surface area (Å²) in [4.78, 5) is 27.0. The molecule has 1 aromatic carbocycles. The zero-order chi connectivity index (χ0) is 19.0. The molecule has 3 atom stereocenters. The van der Waals surface area contributed by atoms with Crippen molar-refractivity contribution in [2.24, 2.45) is 5.41 Å². The normalized spacial score (nSPS) is 30.7. The Hall–Kier alpha value is -1.88. The standard InChI is InChI=1S/C22H30N2O3/c1-2-22(21(27)23-17-8-3-4-9-17)13-18-10-11-19(22)24(18)14-15-6-5-7-16(12-15)20(25)26/h5-7,12,17-19H,2-4,8-11,13-14H2,1H3,(H,23,27)(H,25,26)/t18-,19+,22+/m0/s1. The number of amides is 1. The molecule has 3 aliphatic rings. The second kappa shape index (κ2) is 7.27. The van der Waals surface area contributed by atoms with Crippen LogP contribution in [0.15, 0.2) is 24.3 Å². The van der Waals surface area contributed by atoms with Gasteiger partial charge in [0.2, 0.25) is 5.91 Å². The Morgan fingerprint density at radius 3 is 2.70 bits per heavy atom. The lowest BCUT2D eigenvalue weighted by atomic mass is 9.71. The minimum absolute atomic E-state index is 0.258. The summed E-state index contributed by atoms with van der Waals surface area (Å²) in [5, 5.41) is 12.6. The molecule has 5 heteroatoms. The first-order valence-corrected chi connectivity index (χ1v) is 10.4. The van der Waals surface area contributed by atoms with Crippen molar-refractivity contribution < 1.29 is 14.7 Å². The van der Waals surface area contributed by atoms with Crippen molar-refractivity contribution in [1.82, 2.24) is 10.2 Å². The van der Waals surface area contributed by atoms with Crippen LogP contribution in [0, 0.1) is 5.41 Å². The van der Waals surface area contributed by atoms with Gasteiger partial charge in [-0.3, -0.25) is 9.69 Å². The van der Waals surface area contributed by atoms with Gasteiger partial charge in [-0.1, -0.05) is 31.9 Å². The van der Waals surface area contributed by atoms with E-state index in [1.54, 1.807) is 12.1 Å². The Morgan fingerprint density at radius 1 is 1.22 bits per heavy atom. The number of aromatic carboxylic acids is 1. The molecule has 0 radical (unpaired) electrons. The van der Waals surface area contributed by atoms with E-state index in [4.69, 9.17) is 0 Å². The van der Waals surface area contributed by atoms with Crippen LogP contribution in [0.25, 0.3) is 0 Å². The lowest BCUT2D eigenvalue weighted by Crippen LogP contribution is -2.50. The van der Waals surface area contributed by atoms with Gasteiger partial charge in [-0.2, -0.15) is 0 Å². The molecule has 2 N–H and O–H groups in total. The maximum absolute atomic E-state index is 13.3. The first kappa shape index (κ1) is 18.5. The highest BCUT2D eigenvalue weighted by Gasteiger charge is 2.58. The van der Waals surface area contributed by atoms with E-state index in [1.807, 2.05) is 12.1 Å². The summed E-state index contributed by atoms with van der Waals surface area (Å²) in [6.45, 7) is 2.88. The fourth-order valence-corrected chi connectivity index (χ4v) is 5.74. The van der Waals surface area contributed by atoms with E-state index in [-0.39, 0.29) is 17.4 Å². The molecule has 146 valence electrons. The van der Waals surface area contributed by atoms with Crippen LogP contribution in [0.1, 0.15) is 74.2 Å². The molecule has 5 nitrogen and oxygen atoms in total. The second-order valence-electron chi connectivity index (χ2n) is 8.59. The van der Waals surface area contributed by atoms with Gasteiger partial charge in [-0.25, -0.2) is 4.79 Å². The van der Waals surface area contributed by atoms with Crippen LogP contribution < -0.4 is 5.32 Å². The number of carboxylic acid groups (broad SMARTS) is 1. The third kappa shape index (κ3) is 3.27. The fraction of sp³-hybridized carbons (Fsp3) is 0.636. The molecule has 27 heavy (non-hydrogen) atoms. The van der Waals surface area contributed by atoms with E-state index in [9.17, 15) is 14.7 Å². The highest BCUT2D eigenvalue weighted by Crippen LogP contribution is 2.52. The Balaban J connectivity index is 1.51. The Labute approximate surface area is 161 Å². The molecule has 0 spiro atoms. The molecule has 1 aliphatic carbocycles. The predicted molar refractivity (Wildman–Crippen MR) is 103 cm³/mol. The maximum Gasteiger partial charge on any atom is 0.335 e. The summed E-state index contributed by atoms with van der Waals surface area (Å²) < 4.78 is 0. The molecule has 1 aromatic rings. The number of carbonyl (C=O) groups is 2. The molecule has 2 bridgehead atoms. The zero-order valence-electron chi connectivity index (χ0n) is 16.1. The summed E-state index contributed by atoms with van der Waals surface area (Å²) in [5.74, 6) is -0.631. The van der Waals surface area contributed by atoms with E-state index < -0.39 is 5.97 Å². The van der Waals surface area contributed by atoms with Crippen LogP contribution in [-0.2, 0) is 11.3 Å². The van der Waals surface area contributed by atoms with Crippen LogP contribution in [0.3, 0.4) is 0 Å². The first-order valence-electron chi connectivity index (χ1n) is 10.4. The molecule has 1 saturated carbocycles. The number of nitrogens with zero attached hydrogens (tertiary/aromatic N) is 1. The Bertz CT molecular complexity index is 728. The van der Waals surface area contributed by atoms with Gasteiger partial charge >= 0.3 is 5.97 Å². The molecule has 2 aliphatic heterocycles. The number of carbonyl (C=O) groups excluding carboxylic acids is 1. The van der Waals surface area contributed by atoms with Crippen molar-refractivity contribution in [3.63, 3.8) is 0 Å². The topological polar surface area (TPSA) is 69.6 Å². The molecular formula is C22H30N2O3. The van der Waals surface area contributed by atoms with E-state index in [2.05, 4.69) is 17.1 Å². The zero-order valence-corrected chi connectivity index (χ0v) is 16.1. The molecule has 0 unspecified atom stereocenters. The van der Waals surface area contributed by atoms with Crippen molar-refractivity contribution in [1.29, 1.82) is 0 Å². The predicted octanol–water partition coefficient (Wildman–Crippen LogP) is 3.58. The van der Waals surface area contributed by atoms with Crippen molar-refractivity contribution in [3.8, 4) is 0 Å². The van der Waals surface area contributed by atoms with Gasteiger partial charge in [0.25, 0.3) is 0 Å². The number of hydrogen-bond acceptors (Lipinski definition) is 3. The molecule has 0 aromatic heterocycles. The van der Waals surface area contributed by atoms with Crippen LogP contribution in [-0.4, -0.2) is 40.0 Å². The van der Waals surface area contributed by atoms with E-state index in [1.165, 1.54) is 12.8 Å². The summed E-state index contributed by atoms with van der Waals surface area (Å²) in [7, 11) is 0. The van der Waals surface area contributed by atoms with Crippen molar-refractivity contribution in [2.45, 2.75) is 83.0 Å². The number of fused-ring (bicyclic) bond motifs is 2. The van der Waals surface area contributed by atoms with Gasteiger partial charge in [0.05, 0.1) is 11.0 Å². The number of rotatable bonds is 6. The highest BCUT2D eigenvalue weighted by atomic mass is 16.4. The van der Waals surface area contributed by atoms with Gasteiger partial charge in [-0.05, 0) is 56.2 Å². The molecule has 3 fully saturated rings. The number of hydrogen-bond donors (Lipinski definition) is 2. The van der Waals surface area contributed by atoms with Crippen LogP contribution in [0.5, 0.6) is 0 Å². The third-order valence-corrected chi connectivity index (χ3v) is 7.19. The van der Waals surface area contributed by atoms with Crippen LogP contribution >= 0.6 is 0 Å². The quantitative estimate of drug-likeness (QED) is 0.803. The number of nitrogens with one attached hydrogen (secondary N) is 1. The van der Waals surface area contributed by atoms with E-state index in [0.717, 1.165) is 50.6 Å². The third-order valence-electron chi connectivity index (χ3n) is 7.19. The maximum atomic E-state index is 13.3. The molecule has 2 heterocycles. The lowest BCUT2D eigenvalue weighted by Gasteiger charge is -2.36. The van der Waals surface area contributed by atoms with Crippen molar-refractivity contribution >= 4 is 11.9 Å². The second-order valence-corrected chi connectivity index (χ2v) is 8.59. The smallest absolute Gasteiger partial charge is 0.335 e. The monoisotopic (exact) mass is 370 g/mol. The van der Waals surface area contributed by atoms with Gasteiger partial charge in [0, 0.05) is 24.7 Å². The average Bonchev–Trinajstić information content (AvgIpc) is 3.38. The summed E-state index contributed by atoms with van der Waals surface area (Å²) in [6.07, 6.45) is 8.70. The van der Waals surface area contributed by atoms with E-state index in [0.29, 0.717) is 17.6 Å². The number of benzene rings is 1. The minimum Gasteiger partial charge on any atom is -0.478 e. The van der Waals surface area contributed by atoms with Gasteiger partial charge < -0.3 is 10.4 Å². The molecule has 4 rings (SSSR count). The summed E-state index contributed by atoms with van der Waals surface area (Å²) in [5.41, 5.74) is 1.07. The van der Waals surface area contributed by atoms with Gasteiger partial charge in [0.1, 0.15) is 0 Å². The van der Waals surface area contributed by atoms with Crippen molar-refractivity contribution in [2.75, 3.05) is 0 Å². The molecular weight excluding hydrogens is 340 g/mol. The van der Waals surface area contributed by atoms with Gasteiger partial charge in [0.15, 0.2) is 0 Å². The SMILES string of the molecule is CC[C@@]1(C(=O)NC2CCCC2)C[C@@H]2CC[C@H]1N2Cc1cccc(C(=O)O)c1. The van der Waals surface area contributed by atoms with Gasteiger partial charge in [-0.15, -0.1) is 0 Å². The Morgan fingerprint density at radius 2 is 2.00 bits per heavy atom. The minimum atomic E-state index is -0.889. The Kier molecular flexibility index (Phi) is 4.97. The highest BCUT2D eigenvalue weighted by molar-refractivity contribution is 5.87. The summed E-state index contributed by atoms with van der Waals surface area (Å²) in [6, 6.07) is 8.27. The van der Waals surface area contributed by atoms with Crippen molar-refractivity contribution in [3.05, 3.63) is 35.4 Å². The first-order chi connectivity index (χ1) is 13.0. The van der Waals surface area contributed by atoms with Crippen LogP contribution in [0.4, 0.5) is 0 Å². The lowest BCUT2D eigenvalue weighted by molar-refractivity contribution is -0.134.